The van der Waals surface area contributed by atoms with E-state index in [1.165, 1.54) is 5.56 Å². The maximum absolute atomic E-state index is 3.78. The summed E-state index contributed by atoms with van der Waals surface area (Å²) in [4.78, 5) is 0. The molecule has 0 atom stereocenters. The van der Waals surface area contributed by atoms with E-state index in [0.29, 0.717) is 0 Å². The number of rotatable bonds is 4. The molecule has 0 amide bonds. The molecule has 0 aliphatic rings. The highest BCUT2D eigenvalue weighted by atomic mass is 13.9. The van der Waals surface area contributed by atoms with Crippen LogP contribution in [0.3, 0.4) is 0 Å². The molecule has 1 radical (unpaired) electrons. The van der Waals surface area contributed by atoms with Gasteiger partial charge in [0.05, 0.1) is 0 Å². The molecular weight excluding hydrogens is 144 g/mol. The lowest BCUT2D eigenvalue weighted by molar-refractivity contribution is 1.04. The van der Waals surface area contributed by atoms with Crippen molar-refractivity contribution < 1.29 is 0 Å². The summed E-state index contributed by atoms with van der Waals surface area (Å²) in [5.41, 5.74) is 1.37. The van der Waals surface area contributed by atoms with E-state index in [1.54, 1.807) is 0 Å². The summed E-state index contributed by atoms with van der Waals surface area (Å²) in [5, 5.41) is 0. The van der Waals surface area contributed by atoms with Crippen LogP contribution >= 0.6 is 0 Å². The fourth-order valence-electron chi connectivity index (χ4n) is 1.07. The lowest BCUT2D eigenvalue weighted by Crippen LogP contribution is -1.77. The smallest absolute Gasteiger partial charge is 0.00975 e. The number of hydrogen-bond donors (Lipinski definition) is 0. The fourth-order valence-corrected chi connectivity index (χ4v) is 1.07. The highest BCUT2D eigenvalue weighted by Gasteiger charge is 1.84. The van der Waals surface area contributed by atoms with Crippen molar-refractivity contribution in [1.29, 1.82) is 0 Å². The molecule has 0 aliphatic carbocycles. The maximum atomic E-state index is 3.78. The van der Waals surface area contributed by atoms with Gasteiger partial charge in [-0.05, 0) is 24.8 Å². The van der Waals surface area contributed by atoms with Gasteiger partial charge in [0.1, 0.15) is 0 Å². The second-order valence-corrected chi connectivity index (χ2v) is 2.80. The molecule has 0 aromatic heterocycles. The minimum atomic E-state index is 0.991. The fraction of sp³-hybridized carbons (Fsp3) is 0.250. The molecule has 0 heteroatoms. The van der Waals surface area contributed by atoms with Gasteiger partial charge in [0.2, 0.25) is 0 Å². The van der Waals surface area contributed by atoms with Crippen LogP contribution in [-0.4, -0.2) is 0 Å². The summed E-state index contributed by atoms with van der Waals surface area (Å²) >= 11 is 0. The quantitative estimate of drug-likeness (QED) is 0.591. The molecule has 1 aromatic rings. The molecule has 0 aliphatic heterocycles. The van der Waals surface area contributed by atoms with E-state index in [1.807, 2.05) is 6.07 Å². The predicted octanol–water partition coefficient (Wildman–Crippen LogP) is 3.40. The van der Waals surface area contributed by atoms with Crippen molar-refractivity contribution in [1.82, 2.24) is 0 Å². The number of allylic oxidation sites excluding steroid dienone is 2. The van der Waals surface area contributed by atoms with E-state index in [0.717, 1.165) is 19.3 Å². The van der Waals surface area contributed by atoms with Crippen LogP contribution in [-0.2, 0) is 6.42 Å². The molecule has 0 saturated heterocycles. The number of benzene rings is 1. The Morgan fingerprint density at radius 1 is 1.08 bits per heavy atom. The van der Waals surface area contributed by atoms with Crippen LogP contribution in [0.25, 0.3) is 0 Å². The third kappa shape index (κ3) is 3.38. The molecule has 63 valence electrons. The Hall–Kier alpha value is -1.04. The number of hydrogen-bond acceptors (Lipinski definition) is 0. The third-order valence-electron chi connectivity index (χ3n) is 1.73. The van der Waals surface area contributed by atoms with Gasteiger partial charge in [-0.25, -0.2) is 0 Å². The van der Waals surface area contributed by atoms with Crippen molar-refractivity contribution in [2.45, 2.75) is 19.3 Å². The first kappa shape index (κ1) is 9.05. The second kappa shape index (κ2) is 5.59. The Morgan fingerprint density at radius 2 is 1.83 bits per heavy atom. The maximum Gasteiger partial charge on any atom is -0.00975 e. The van der Waals surface area contributed by atoms with Crippen LogP contribution in [0.1, 0.15) is 18.4 Å². The van der Waals surface area contributed by atoms with Crippen LogP contribution in [0, 0.1) is 6.92 Å². The van der Waals surface area contributed by atoms with Crippen LogP contribution in [0.4, 0.5) is 0 Å². The largest absolute Gasteiger partial charge is 0.0882 e. The van der Waals surface area contributed by atoms with Gasteiger partial charge >= 0.3 is 0 Å². The van der Waals surface area contributed by atoms with Crippen LogP contribution in [0.15, 0.2) is 42.5 Å². The van der Waals surface area contributed by atoms with E-state index in [2.05, 4.69) is 43.3 Å². The van der Waals surface area contributed by atoms with Gasteiger partial charge < -0.3 is 0 Å². The van der Waals surface area contributed by atoms with E-state index in [9.17, 15) is 0 Å². The van der Waals surface area contributed by atoms with Gasteiger partial charge in [-0.2, -0.15) is 0 Å². The molecule has 0 nitrogen and oxygen atoms in total. The molecule has 0 saturated carbocycles. The van der Waals surface area contributed by atoms with Crippen molar-refractivity contribution in [3.63, 3.8) is 0 Å². The van der Waals surface area contributed by atoms with Gasteiger partial charge in [0, 0.05) is 0 Å². The molecular formula is C12H15. The lowest BCUT2D eigenvalue weighted by atomic mass is 10.1. The van der Waals surface area contributed by atoms with Gasteiger partial charge in [-0.15, -0.1) is 0 Å². The summed E-state index contributed by atoms with van der Waals surface area (Å²) in [5.74, 6) is 0. The van der Waals surface area contributed by atoms with E-state index in [-0.39, 0.29) is 0 Å². The molecule has 0 bridgehead atoms. The van der Waals surface area contributed by atoms with Gasteiger partial charge in [0.25, 0.3) is 0 Å². The van der Waals surface area contributed by atoms with Crippen molar-refractivity contribution in [3.8, 4) is 0 Å². The Kier molecular flexibility index (Phi) is 4.22. The number of unbranched alkanes of at least 4 members (excludes halogenated alkanes) is 1. The Morgan fingerprint density at radius 3 is 2.50 bits per heavy atom. The molecule has 0 N–H and O–H groups in total. The first-order valence-electron chi connectivity index (χ1n) is 4.41. The molecule has 1 aromatic carbocycles. The van der Waals surface area contributed by atoms with Crippen molar-refractivity contribution in [2.24, 2.45) is 0 Å². The summed E-state index contributed by atoms with van der Waals surface area (Å²) in [7, 11) is 0. The van der Waals surface area contributed by atoms with E-state index < -0.39 is 0 Å². The summed E-state index contributed by atoms with van der Waals surface area (Å²) < 4.78 is 0. The van der Waals surface area contributed by atoms with Crippen LogP contribution < -0.4 is 0 Å². The third-order valence-corrected chi connectivity index (χ3v) is 1.73. The average molecular weight is 159 g/mol. The molecule has 12 heavy (non-hydrogen) atoms. The average Bonchev–Trinajstić information content (AvgIpc) is 2.14. The zero-order valence-corrected chi connectivity index (χ0v) is 7.37. The molecule has 0 unspecified atom stereocenters. The van der Waals surface area contributed by atoms with Gasteiger partial charge in [-0.1, -0.05) is 49.4 Å². The monoisotopic (exact) mass is 159 g/mol. The molecule has 1 rings (SSSR count). The van der Waals surface area contributed by atoms with Crippen molar-refractivity contribution >= 4 is 0 Å². The van der Waals surface area contributed by atoms with Gasteiger partial charge in [-0.3, -0.25) is 0 Å². The Balaban J connectivity index is 2.33. The molecule has 0 heterocycles. The van der Waals surface area contributed by atoms with E-state index in [4.69, 9.17) is 0 Å². The highest BCUT2D eigenvalue weighted by molar-refractivity contribution is 5.17. The summed E-state index contributed by atoms with van der Waals surface area (Å²) in [6.07, 6.45) is 7.53. The summed E-state index contributed by atoms with van der Waals surface area (Å²) in [6.45, 7) is 3.78. The van der Waals surface area contributed by atoms with E-state index >= 15 is 0 Å². The minimum absolute atomic E-state index is 0.991. The summed E-state index contributed by atoms with van der Waals surface area (Å²) in [6, 6.07) is 10.5. The first-order valence-corrected chi connectivity index (χ1v) is 4.41. The lowest BCUT2D eigenvalue weighted by Gasteiger charge is -1.93. The molecule has 0 fully saturated rings. The standard InChI is InChI=1S/C12H15/c1-2-3-4-6-9-12-10-7-5-8-11-12/h4-8,10-11H,1-3,9H2. The zero-order valence-electron chi connectivity index (χ0n) is 7.37. The Bertz CT molecular complexity index is 221. The topological polar surface area (TPSA) is 0 Å². The first-order chi connectivity index (χ1) is 5.93. The SMILES string of the molecule is [CH2]CCC=CCc1ccccc1. The minimum Gasteiger partial charge on any atom is -0.0882 e. The van der Waals surface area contributed by atoms with Crippen LogP contribution in [0.5, 0.6) is 0 Å². The van der Waals surface area contributed by atoms with Crippen molar-refractivity contribution in [3.05, 3.63) is 55.0 Å². The van der Waals surface area contributed by atoms with Crippen LogP contribution in [0.2, 0.25) is 0 Å². The normalized spacial score (nSPS) is 10.8. The second-order valence-electron chi connectivity index (χ2n) is 2.80. The predicted molar refractivity (Wildman–Crippen MR) is 53.9 cm³/mol. The zero-order chi connectivity index (χ0) is 8.65. The highest BCUT2D eigenvalue weighted by Crippen LogP contribution is 2.00. The molecule has 0 spiro atoms. The van der Waals surface area contributed by atoms with Gasteiger partial charge in [0.15, 0.2) is 0 Å². The van der Waals surface area contributed by atoms with Crippen molar-refractivity contribution in [2.75, 3.05) is 0 Å². The Labute approximate surface area is 74.9 Å².